The van der Waals surface area contributed by atoms with E-state index in [1.165, 1.54) is 11.8 Å². The Bertz CT molecular complexity index is 632. The van der Waals surface area contributed by atoms with Crippen LogP contribution in [0.15, 0.2) is 34.1 Å². The Morgan fingerprint density at radius 2 is 1.91 bits per heavy atom. The van der Waals surface area contributed by atoms with E-state index in [-0.39, 0.29) is 23.0 Å². The SMILES string of the molecule is CCCS(=O)(=O)c1ccccc1SC(C)C(=O)N(C)C(C)CN. The van der Waals surface area contributed by atoms with E-state index in [1.54, 1.807) is 43.1 Å². The summed E-state index contributed by atoms with van der Waals surface area (Å²) in [6, 6.07) is 6.81. The van der Waals surface area contributed by atoms with Gasteiger partial charge in [-0.2, -0.15) is 0 Å². The molecule has 0 aliphatic rings. The van der Waals surface area contributed by atoms with E-state index in [9.17, 15) is 13.2 Å². The van der Waals surface area contributed by atoms with Crippen LogP contribution in [0.25, 0.3) is 0 Å². The summed E-state index contributed by atoms with van der Waals surface area (Å²) in [6.45, 7) is 5.90. The summed E-state index contributed by atoms with van der Waals surface area (Å²) in [7, 11) is -1.60. The minimum atomic E-state index is -3.32. The zero-order valence-corrected chi connectivity index (χ0v) is 15.8. The molecule has 0 spiro atoms. The van der Waals surface area contributed by atoms with Crippen molar-refractivity contribution >= 4 is 27.5 Å². The fraction of sp³-hybridized carbons (Fsp3) is 0.562. The minimum Gasteiger partial charge on any atom is -0.341 e. The van der Waals surface area contributed by atoms with Gasteiger partial charge in [0.25, 0.3) is 0 Å². The first-order valence-electron chi connectivity index (χ1n) is 7.69. The maximum atomic E-state index is 12.4. The molecule has 2 atom stereocenters. The second-order valence-electron chi connectivity index (χ2n) is 5.56. The molecule has 1 rings (SSSR count). The monoisotopic (exact) mass is 358 g/mol. The molecule has 5 nitrogen and oxygen atoms in total. The zero-order valence-electron chi connectivity index (χ0n) is 14.2. The molecule has 0 radical (unpaired) electrons. The number of amides is 1. The van der Waals surface area contributed by atoms with Crippen LogP contribution in [0.3, 0.4) is 0 Å². The van der Waals surface area contributed by atoms with Gasteiger partial charge in [0, 0.05) is 24.5 Å². The number of hydrogen-bond acceptors (Lipinski definition) is 5. The molecule has 0 aliphatic carbocycles. The van der Waals surface area contributed by atoms with Crippen LogP contribution in [-0.2, 0) is 14.6 Å². The van der Waals surface area contributed by atoms with Gasteiger partial charge in [-0.15, -0.1) is 11.8 Å². The van der Waals surface area contributed by atoms with Crippen LogP contribution in [0, 0.1) is 0 Å². The van der Waals surface area contributed by atoms with Gasteiger partial charge in [-0.3, -0.25) is 4.79 Å². The van der Waals surface area contributed by atoms with Crippen LogP contribution in [0.2, 0.25) is 0 Å². The molecule has 0 aromatic heterocycles. The first-order valence-corrected chi connectivity index (χ1v) is 10.2. The van der Waals surface area contributed by atoms with Crippen LogP contribution in [0.4, 0.5) is 0 Å². The van der Waals surface area contributed by atoms with Gasteiger partial charge >= 0.3 is 0 Å². The molecule has 23 heavy (non-hydrogen) atoms. The number of nitrogens with zero attached hydrogens (tertiary/aromatic N) is 1. The predicted molar refractivity (Wildman–Crippen MR) is 95.4 cm³/mol. The normalized spacial score (nSPS) is 14.3. The molecule has 2 unspecified atom stereocenters. The van der Waals surface area contributed by atoms with Gasteiger partial charge in [-0.05, 0) is 32.4 Å². The van der Waals surface area contributed by atoms with Crippen LogP contribution < -0.4 is 5.73 Å². The first-order chi connectivity index (χ1) is 10.7. The van der Waals surface area contributed by atoms with Crippen molar-refractivity contribution in [3.8, 4) is 0 Å². The highest BCUT2D eigenvalue weighted by molar-refractivity contribution is 8.01. The molecule has 0 aliphatic heterocycles. The summed E-state index contributed by atoms with van der Waals surface area (Å²) in [4.78, 5) is 15.0. The Hall–Kier alpha value is -1.05. The molecule has 7 heteroatoms. The third-order valence-electron chi connectivity index (χ3n) is 3.66. The number of sulfone groups is 1. The number of carbonyl (C=O) groups excluding carboxylic acids is 1. The molecule has 130 valence electrons. The van der Waals surface area contributed by atoms with Crippen molar-refractivity contribution in [3.63, 3.8) is 0 Å². The molecule has 0 saturated heterocycles. The number of nitrogens with two attached hydrogens (primary N) is 1. The summed E-state index contributed by atoms with van der Waals surface area (Å²) < 4.78 is 24.7. The molecular formula is C16H26N2O3S2. The van der Waals surface area contributed by atoms with Crippen molar-refractivity contribution in [2.75, 3.05) is 19.3 Å². The van der Waals surface area contributed by atoms with Crippen molar-refractivity contribution in [2.45, 2.75) is 48.3 Å². The number of benzene rings is 1. The summed E-state index contributed by atoms with van der Waals surface area (Å²) in [5.74, 6) is 0.0486. The van der Waals surface area contributed by atoms with Crippen molar-refractivity contribution in [3.05, 3.63) is 24.3 Å². The van der Waals surface area contributed by atoms with Crippen molar-refractivity contribution < 1.29 is 13.2 Å². The van der Waals surface area contributed by atoms with Gasteiger partial charge in [0.2, 0.25) is 5.91 Å². The Morgan fingerprint density at radius 1 is 1.30 bits per heavy atom. The average Bonchev–Trinajstić information content (AvgIpc) is 2.52. The van der Waals surface area contributed by atoms with Crippen molar-refractivity contribution in [1.82, 2.24) is 4.90 Å². The lowest BCUT2D eigenvalue weighted by Crippen LogP contribution is -2.43. The standard InChI is InChI=1S/C16H26N2O3S2/c1-5-10-23(20,21)15-9-7-6-8-14(15)22-13(3)16(19)18(4)12(2)11-17/h6-9,12-13H,5,10-11,17H2,1-4H3. The Kier molecular flexibility index (Phi) is 7.57. The summed E-state index contributed by atoms with van der Waals surface area (Å²) in [6.07, 6.45) is 0.562. The van der Waals surface area contributed by atoms with E-state index in [2.05, 4.69) is 0 Å². The van der Waals surface area contributed by atoms with E-state index >= 15 is 0 Å². The molecule has 0 heterocycles. The maximum Gasteiger partial charge on any atom is 0.235 e. The third-order valence-corrected chi connectivity index (χ3v) is 6.92. The highest BCUT2D eigenvalue weighted by atomic mass is 32.2. The van der Waals surface area contributed by atoms with Gasteiger partial charge in [0.1, 0.15) is 0 Å². The lowest BCUT2D eigenvalue weighted by molar-refractivity contribution is -0.130. The van der Waals surface area contributed by atoms with Gasteiger partial charge in [0.05, 0.1) is 15.9 Å². The number of thioether (sulfide) groups is 1. The lowest BCUT2D eigenvalue weighted by atomic mass is 10.3. The van der Waals surface area contributed by atoms with E-state index in [0.29, 0.717) is 22.8 Å². The molecule has 0 bridgehead atoms. The summed E-state index contributed by atoms with van der Waals surface area (Å²) in [5, 5.41) is -0.382. The van der Waals surface area contributed by atoms with Crippen LogP contribution in [0.1, 0.15) is 27.2 Å². The third kappa shape index (κ3) is 5.22. The summed E-state index contributed by atoms with van der Waals surface area (Å²) in [5.41, 5.74) is 5.60. The van der Waals surface area contributed by atoms with Crippen LogP contribution >= 0.6 is 11.8 Å². The quantitative estimate of drug-likeness (QED) is 0.720. The van der Waals surface area contributed by atoms with E-state index in [4.69, 9.17) is 5.73 Å². The van der Waals surface area contributed by atoms with Crippen molar-refractivity contribution in [2.24, 2.45) is 5.73 Å². The van der Waals surface area contributed by atoms with E-state index in [0.717, 1.165) is 0 Å². The van der Waals surface area contributed by atoms with Gasteiger partial charge in [0.15, 0.2) is 9.84 Å². The Labute approximate surface area is 143 Å². The van der Waals surface area contributed by atoms with Crippen LogP contribution in [-0.4, -0.2) is 49.9 Å². The molecule has 2 N–H and O–H groups in total. The number of rotatable bonds is 8. The number of hydrogen-bond donors (Lipinski definition) is 1. The smallest absolute Gasteiger partial charge is 0.235 e. The Balaban J connectivity index is 3.00. The average molecular weight is 359 g/mol. The second kappa shape index (κ2) is 8.70. The molecule has 0 saturated carbocycles. The molecular weight excluding hydrogens is 332 g/mol. The van der Waals surface area contributed by atoms with Crippen molar-refractivity contribution in [1.29, 1.82) is 0 Å². The second-order valence-corrected chi connectivity index (χ2v) is 9.02. The van der Waals surface area contributed by atoms with E-state index < -0.39 is 9.84 Å². The van der Waals surface area contributed by atoms with E-state index in [1.807, 2.05) is 13.8 Å². The molecule has 1 aromatic carbocycles. The zero-order chi connectivity index (χ0) is 17.6. The van der Waals surface area contributed by atoms with Gasteiger partial charge < -0.3 is 10.6 Å². The molecule has 1 amide bonds. The minimum absolute atomic E-state index is 0.0513. The Morgan fingerprint density at radius 3 is 2.48 bits per heavy atom. The number of carbonyl (C=O) groups is 1. The topological polar surface area (TPSA) is 80.5 Å². The highest BCUT2D eigenvalue weighted by Gasteiger charge is 2.25. The van der Waals surface area contributed by atoms with Gasteiger partial charge in [-0.25, -0.2) is 8.42 Å². The first kappa shape index (κ1) is 20.0. The largest absolute Gasteiger partial charge is 0.341 e. The fourth-order valence-corrected chi connectivity index (χ4v) is 5.02. The maximum absolute atomic E-state index is 12.4. The molecule has 1 aromatic rings. The highest BCUT2D eigenvalue weighted by Crippen LogP contribution is 2.31. The summed E-state index contributed by atoms with van der Waals surface area (Å²) >= 11 is 1.28. The fourth-order valence-electron chi connectivity index (χ4n) is 2.09. The molecule has 0 fully saturated rings. The van der Waals surface area contributed by atoms with Crippen LogP contribution in [0.5, 0.6) is 0 Å². The number of likely N-dealkylation sites (N-methyl/N-ethyl adjacent to an activating group) is 1. The van der Waals surface area contributed by atoms with Gasteiger partial charge in [-0.1, -0.05) is 19.1 Å². The lowest BCUT2D eigenvalue weighted by Gasteiger charge is -2.26. The predicted octanol–water partition coefficient (Wildman–Crippen LogP) is 2.16.